The molecule has 1 N–H and O–H groups in total. The number of anilines is 1. The molecule has 164 valence electrons. The summed E-state index contributed by atoms with van der Waals surface area (Å²) >= 11 is 1.21. The van der Waals surface area contributed by atoms with Crippen LogP contribution in [-0.4, -0.2) is 51.7 Å². The number of nitrogens with one attached hydrogen (secondary N) is 1. The summed E-state index contributed by atoms with van der Waals surface area (Å²) in [5.41, 5.74) is 1.80. The van der Waals surface area contributed by atoms with Crippen molar-refractivity contribution in [2.45, 2.75) is 37.5 Å². The molecule has 0 aliphatic carbocycles. The predicted octanol–water partition coefficient (Wildman–Crippen LogP) is 2.71. The number of para-hydroxylation sites is 1. The highest BCUT2D eigenvalue weighted by molar-refractivity contribution is 7.89. The number of carbonyl (C=O) groups excluding carboxylic acids is 1. The van der Waals surface area contributed by atoms with Gasteiger partial charge in [-0.1, -0.05) is 29.5 Å². The van der Waals surface area contributed by atoms with Crippen LogP contribution < -0.4 is 5.32 Å². The molecular formula is C20H24N6O3S2. The zero-order valence-corrected chi connectivity index (χ0v) is 19.2. The molecule has 3 aromatic rings. The number of hydrogen-bond acceptors (Lipinski definition) is 7. The average molecular weight is 461 g/mol. The second kappa shape index (κ2) is 8.48. The van der Waals surface area contributed by atoms with Gasteiger partial charge < -0.3 is 5.32 Å². The topological polar surface area (TPSA) is 110 Å². The molecule has 11 heteroatoms. The van der Waals surface area contributed by atoms with Gasteiger partial charge in [0, 0.05) is 31.7 Å². The van der Waals surface area contributed by atoms with E-state index in [-0.39, 0.29) is 21.7 Å². The van der Waals surface area contributed by atoms with Gasteiger partial charge in [-0.3, -0.25) is 9.48 Å². The molecule has 2 aromatic heterocycles. The number of piperidine rings is 1. The fourth-order valence-electron chi connectivity index (χ4n) is 3.82. The maximum atomic E-state index is 13.3. The fourth-order valence-corrected chi connectivity index (χ4v) is 6.60. The first-order chi connectivity index (χ1) is 14.8. The first kappa shape index (κ1) is 21.6. The van der Waals surface area contributed by atoms with Crippen LogP contribution in [0.25, 0.3) is 0 Å². The van der Waals surface area contributed by atoms with Crippen LogP contribution in [0.1, 0.15) is 45.0 Å². The summed E-state index contributed by atoms with van der Waals surface area (Å²) in [5, 5.41) is 16.2. The van der Waals surface area contributed by atoms with Gasteiger partial charge in [-0.2, -0.15) is 9.40 Å². The van der Waals surface area contributed by atoms with Gasteiger partial charge in [0.15, 0.2) is 0 Å². The summed E-state index contributed by atoms with van der Waals surface area (Å²) in [4.78, 5) is 12.8. The Kier molecular flexibility index (Phi) is 5.91. The Morgan fingerprint density at radius 2 is 1.94 bits per heavy atom. The van der Waals surface area contributed by atoms with Crippen molar-refractivity contribution in [1.82, 2.24) is 24.3 Å². The molecule has 0 spiro atoms. The first-order valence-corrected chi connectivity index (χ1v) is 12.2. The molecule has 1 atom stereocenters. The summed E-state index contributed by atoms with van der Waals surface area (Å²) in [6.45, 7) is 4.23. The Balaban J connectivity index is 1.51. The van der Waals surface area contributed by atoms with Gasteiger partial charge in [0.2, 0.25) is 15.0 Å². The molecule has 4 rings (SSSR count). The van der Waals surface area contributed by atoms with Crippen LogP contribution in [0.4, 0.5) is 5.69 Å². The normalized spacial score (nSPS) is 17.6. The monoisotopic (exact) mass is 460 g/mol. The molecule has 1 fully saturated rings. The quantitative estimate of drug-likeness (QED) is 0.627. The molecule has 0 bridgehead atoms. The number of rotatable bonds is 5. The number of benzene rings is 1. The largest absolute Gasteiger partial charge is 0.320 e. The van der Waals surface area contributed by atoms with Gasteiger partial charge in [-0.25, -0.2) is 8.42 Å². The highest BCUT2D eigenvalue weighted by Gasteiger charge is 2.35. The summed E-state index contributed by atoms with van der Waals surface area (Å²) in [7, 11) is -1.93. The summed E-state index contributed by atoms with van der Waals surface area (Å²) in [5.74, 6) is -0.423. The summed E-state index contributed by atoms with van der Waals surface area (Å²) < 4.78 is 29.7. The lowest BCUT2D eigenvalue weighted by atomic mass is 10.0. The Labute approximate surface area is 185 Å². The second-order valence-corrected chi connectivity index (χ2v) is 10.5. The highest BCUT2D eigenvalue weighted by Crippen LogP contribution is 2.33. The van der Waals surface area contributed by atoms with Gasteiger partial charge in [0.25, 0.3) is 5.91 Å². The lowest BCUT2D eigenvalue weighted by Gasteiger charge is -2.30. The highest BCUT2D eigenvalue weighted by atomic mass is 32.2. The third-order valence-electron chi connectivity index (χ3n) is 5.44. The minimum Gasteiger partial charge on any atom is -0.320 e. The van der Waals surface area contributed by atoms with Crippen molar-refractivity contribution in [2.75, 3.05) is 18.4 Å². The van der Waals surface area contributed by atoms with E-state index < -0.39 is 10.0 Å². The molecule has 0 radical (unpaired) electrons. The molecule has 1 amide bonds. The molecule has 9 nitrogen and oxygen atoms in total. The third-order valence-corrected chi connectivity index (χ3v) is 8.64. The van der Waals surface area contributed by atoms with Crippen LogP contribution in [0.2, 0.25) is 0 Å². The van der Waals surface area contributed by atoms with E-state index in [2.05, 4.69) is 20.6 Å². The van der Waals surface area contributed by atoms with Gasteiger partial charge in [-0.15, -0.1) is 10.2 Å². The molecule has 1 saturated heterocycles. The maximum absolute atomic E-state index is 13.3. The Morgan fingerprint density at radius 3 is 2.61 bits per heavy atom. The first-order valence-electron chi connectivity index (χ1n) is 9.97. The minimum atomic E-state index is -3.67. The Hall–Kier alpha value is -2.63. The Bertz CT molecular complexity index is 1200. The standard InChI is InChI=1S/C20H24N6O3S2/c1-13-17(14(2)25(3)24-13)31(28,29)26-11-7-8-15(12-26)19-22-23-20(30-19)18(27)21-16-9-5-4-6-10-16/h4-6,9-10,15H,7-8,11-12H2,1-3H3,(H,21,27)/t15-/m1/s1. The van der Waals surface area contributed by atoms with Crippen molar-refractivity contribution >= 4 is 33.0 Å². The molecule has 0 unspecified atom stereocenters. The van der Waals surface area contributed by atoms with E-state index in [1.54, 1.807) is 37.7 Å². The number of aryl methyl sites for hydroxylation is 2. The van der Waals surface area contributed by atoms with Crippen molar-refractivity contribution in [3.63, 3.8) is 0 Å². The molecule has 3 heterocycles. The van der Waals surface area contributed by atoms with Crippen LogP contribution in [0.15, 0.2) is 35.2 Å². The van der Waals surface area contributed by atoms with E-state index in [0.717, 1.165) is 6.42 Å². The van der Waals surface area contributed by atoms with E-state index in [9.17, 15) is 13.2 Å². The van der Waals surface area contributed by atoms with Crippen molar-refractivity contribution < 1.29 is 13.2 Å². The van der Waals surface area contributed by atoms with E-state index in [1.807, 2.05) is 18.2 Å². The number of sulfonamides is 1. The van der Waals surface area contributed by atoms with Crippen molar-refractivity contribution in [1.29, 1.82) is 0 Å². The fraction of sp³-hybridized carbons (Fsp3) is 0.400. The zero-order chi connectivity index (χ0) is 22.2. The van der Waals surface area contributed by atoms with Gasteiger partial charge in [-0.05, 0) is 38.8 Å². The van der Waals surface area contributed by atoms with Gasteiger partial charge in [0.05, 0.1) is 11.4 Å². The number of carbonyl (C=O) groups is 1. The lowest BCUT2D eigenvalue weighted by molar-refractivity contribution is 0.102. The number of nitrogens with zero attached hydrogens (tertiary/aromatic N) is 5. The van der Waals surface area contributed by atoms with Crippen LogP contribution in [0.3, 0.4) is 0 Å². The molecule has 0 saturated carbocycles. The van der Waals surface area contributed by atoms with Gasteiger partial charge in [0.1, 0.15) is 9.90 Å². The second-order valence-electron chi connectivity index (χ2n) is 7.59. The average Bonchev–Trinajstić information content (AvgIpc) is 3.34. The zero-order valence-electron chi connectivity index (χ0n) is 17.6. The Morgan fingerprint density at radius 1 is 1.19 bits per heavy atom. The predicted molar refractivity (Wildman–Crippen MR) is 118 cm³/mol. The van der Waals surface area contributed by atoms with Crippen LogP contribution in [0, 0.1) is 13.8 Å². The lowest BCUT2D eigenvalue weighted by Crippen LogP contribution is -2.39. The third kappa shape index (κ3) is 4.25. The van der Waals surface area contributed by atoms with Crippen molar-refractivity contribution in [3.05, 3.63) is 51.7 Å². The van der Waals surface area contributed by atoms with E-state index >= 15 is 0 Å². The molecular weight excluding hydrogens is 436 g/mol. The SMILES string of the molecule is Cc1nn(C)c(C)c1S(=O)(=O)N1CCC[C@@H](c2nnc(C(=O)Nc3ccccc3)s2)C1. The van der Waals surface area contributed by atoms with Crippen LogP contribution >= 0.6 is 11.3 Å². The van der Waals surface area contributed by atoms with Gasteiger partial charge >= 0.3 is 0 Å². The van der Waals surface area contributed by atoms with Crippen LogP contribution in [0.5, 0.6) is 0 Å². The molecule has 1 aliphatic heterocycles. The smallest absolute Gasteiger partial charge is 0.286 e. The van der Waals surface area contributed by atoms with E-state index in [1.165, 1.54) is 15.6 Å². The van der Waals surface area contributed by atoms with Crippen LogP contribution in [-0.2, 0) is 17.1 Å². The maximum Gasteiger partial charge on any atom is 0.286 e. The minimum absolute atomic E-state index is 0.100. The van der Waals surface area contributed by atoms with Crippen molar-refractivity contribution in [2.24, 2.45) is 7.05 Å². The summed E-state index contributed by atoms with van der Waals surface area (Å²) in [6.07, 6.45) is 1.51. The molecule has 31 heavy (non-hydrogen) atoms. The van der Waals surface area contributed by atoms with E-state index in [0.29, 0.717) is 41.6 Å². The van der Waals surface area contributed by atoms with E-state index in [4.69, 9.17) is 0 Å². The number of aromatic nitrogens is 4. The molecule has 1 aromatic carbocycles. The number of amides is 1. The summed E-state index contributed by atoms with van der Waals surface area (Å²) in [6, 6.07) is 9.14. The molecule has 1 aliphatic rings. The number of hydrogen-bond donors (Lipinski definition) is 1. The van der Waals surface area contributed by atoms with Crippen molar-refractivity contribution in [3.8, 4) is 0 Å².